The van der Waals surface area contributed by atoms with Crippen LogP contribution in [0.15, 0.2) is 36.8 Å². The third kappa shape index (κ3) is 2.77. The van der Waals surface area contributed by atoms with Gasteiger partial charge < -0.3 is 9.88 Å². The van der Waals surface area contributed by atoms with Crippen LogP contribution >= 0.6 is 11.6 Å². The van der Waals surface area contributed by atoms with Gasteiger partial charge in [0.05, 0.1) is 5.39 Å². The zero-order valence-electron chi connectivity index (χ0n) is 12.9. The molecular weight excluding hydrogens is 310 g/mol. The Hall–Kier alpha value is -2.14. The number of hydrogen-bond donors (Lipinski definition) is 1. The standard InChI is InChI=1S/C17H18ClN5/c1-11-3-2-4-15(22-11)19-9-12-7-13(8-12)23-6-5-14-16(18)20-10-21-17(14)23/h2-6,10,12-13H,7-9H2,1H3,(H,19,22). The predicted octanol–water partition coefficient (Wildman–Crippen LogP) is 3.85. The summed E-state index contributed by atoms with van der Waals surface area (Å²) < 4.78 is 2.23. The number of aryl methyl sites for hydroxylation is 1. The first-order valence-corrected chi connectivity index (χ1v) is 8.23. The number of rotatable bonds is 4. The number of nitrogens with one attached hydrogen (secondary N) is 1. The Balaban J connectivity index is 1.38. The predicted molar refractivity (Wildman–Crippen MR) is 91.8 cm³/mol. The van der Waals surface area contributed by atoms with Gasteiger partial charge in [0.2, 0.25) is 0 Å². The van der Waals surface area contributed by atoms with Crippen LogP contribution in [0.4, 0.5) is 5.82 Å². The lowest BCUT2D eigenvalue weighted by molar-refractivity contribution is 0.213. The molecule has 0 atom stereocenters. The first kappa shape index (κ1) is 14.5. The summed E-state index contributed by atoms with van der Waals surface area (Å²) in [6.07, 6.45) is 5.89. The average Bonchev–Trinajstić information content (AvgIpc) is 2.91. The van der Waals surface area contributed by atoms with Gasteiger partial charge in [0.25, 0.3) is 0 Å². The Bertz CT molecular complexity index is 838. The van der Waals surface area contributed by atoms with Crippen molar-refractivity contribution in [2.24, 2.45) is 5.92 Å². The largest absolute Gasteiger partial charge is 0.370 e. The van der Waals surface area contributed by atoms with E-state index in [0.29, 0.717) is 17.1 Å². The monoisotopic (exact) mass is 327 g/mol. The number of halogens is 1. The molecule has 23 heavy (non-hydrogen) atoms. The molecular formula is C17H18ClN5. The van der Waals surface area contributed by atoms with Crippen LogP contribution in [0.1, 0.15) is 24.6 Å². The lowest BCUT2D eigenvalue weighted by Crippen LogP contribution is -2.31. The fraction of sp³-hybridized carbons (Fsp3) is 0.353. The van der Waals surface area contributed by atoms with E-state index in [1.54, 1.807) is 0 Å². The molecule has 0 radical (unpaired) electrons. The van der Waals surface area contributed by atoms with Gasteiger partial charge in [-0.3, -0.25) is 0 Å². The van der Waals surface area contributed by atoms with E-state index < -0.39 is 0 Å². The second kappa shape index (κ2) is 5.81. The lowest BCUT2D eigenvalue weighted by atomic mass is 9.80. The lowest BCUT2D eigenvalue weighted by Gasteiger charge is -2.36. The summed E-state index contributed by atoms with van der Waals surface area (Å²) in [7, 11) is 0. The molecule has 3 aromatic rings. The van der Waals surface area contributed by atoms with Crippen molar-refractivity contribution in [3.63, 3.8) is 0 Å². The minimum absolute atomic E-state index is 0.496. The third-order valence-electron chi connectivity index (χ3n) is 4.53. The first-order valence-electron chi connectivity index (χ1n) is 7.85. The summed E-state index contributed by atoms with van der Waals surface area (Å²) in [6.45, 7) is 2.97. The molecule has 6 heteroatoms. The van der Waals surface area contributed by atoms with Crippen molar-refractivity contribution in [3.05, 3.63) is 47.6 Å². The van der Waals surface area contributed by atoms with Crippen LogP contribution in [-0.2, 0) is 0 Å². The van der Waals surface area contributed by atoms with Gasteiger partial charge in [-0.1, -0.05) is 17.7 Å². The molecule has 3 heterocycles. The van der Waals surface area contributed by atoms with Crippen LogP contribution in [0.5, 0.6) is 0 Å². The van der Waals surface area contributed by atoms with E-state index >= 15 is 0 Å². The normalized spacial score (nSPS) is 20.4. The molecule has 5 nitrogen and oxygen atoms in total. The highest BCUT2D eigenvalue weighted by atomic mass is 35.5. The molecule has 3 aromatic heterocycles. The van der Waals surface area contributed by atoms with Gasteiger partial charge in [0, 0.05) is 24.5 Å². The highest BCUT2D eigenvalue weighted by Crippen LogP contribution is 2.39. The highest BCUT2D eigenvalue weighted by molar-refractivity contribution is 6.33. The molecule has 1 aliphatic rings. The van der Waals surface area contributed by atoms with Gasteiger partial charge in [0.1, 0.15) is 22.9 Å². The Morgan fingerprint density at radius 1 is 1.26 bits per heavy atom. The molecule has 118 valence electrons. The molecule has 0 aliphatic heterocycles. The number of anilines is 1. The zero-order chi connectivity index (χ0) is 15.8. The molecule has 0 unspecified atom stereocenters. The van der Waals surface area contributed by atoms with Crippen molar-refractivity contribution in [2.45, 2.75) is 25.8 Å². The Kier molecular flexibility index (Phi) is 3.65. The van der Waals surface area contributed by atoms with Crippen molar-refractivity contribution in [3.8, 4) is 0 Å². The first-order chi connectivity index (χ1) is 11.2. The number of pyridine rings is 1. The van der Waals surface area contributed by atoms with Crippen molar-refractivity contribution < 1.29 is 0 Å². The molecule has 4 rings (SSSR count). The van der Waals surface area contributed by atoms with Crippen molar-refractivity contribution in [1.29, 1.82) is 0 Å². The minimum Gasteiger partial charge on any atom is -0.370 e. The van der Waals surface area contributed by atoms with Crippen LogP contribution < -0.4 is 5.32 Å². The number of hydrogen-bond acceptors (Lipinski definition) is 4. The number of nitrogens with zero attached hydrogens (tertiary/aromatic N) is 4. The molecule has 0 saturated heterocycles. The van der Waals surface area contributed by atoms with E-state index in [4.69, 9.17) is 11.6 Å². The fourth-order valence-electron chi connectivity index (χ4n) is 3.22. The van der Waals surface area contributed by atoms with Gasteiger partial charge >= 0.3 is 0 Å². The fourth-order valence-corrected chi connectivity index (χ4v) is 3.41. The molecule has 1 N–H and O–H groups in total. The summed E-state index contributed by atoms with van der Waals surface area (Å²) in [6, 6.07) is 8.55. The van der Waals surface area contributed by atoms with Gasteiger partial charge in [0.15, 0.2) is 0 Å². The van der Waals surface area contributed by atoms with E-state index in [1.165, 1.54) is 6.33 Å². The van der Waals surface area contributed by atoms with E-state index in [2.05, 4.69) is 31.0 Å². The molecule has 0 amide bonds. The highest BCUT2D eigenvalue weighted by Gasteiger charge is 2.31. The summed E-state index contributed by atoms with van der Waals surface area (Å²) in [4.78, 5) is 12.9. The number of aromatic nitrogens is 4. The van der Waals surface area contributed by atoms with Crippen LogP contribution in [0.2, 0.25) is 5.15 Å². The Labute approximate surface area is 139 Å². The van der Waals surface area contributed by atoms with Gasteiger partial charge in [-0.15, -0.1) is 0 Å². The quantitative estimate of drug-likeness (QED) is 0.739. The molecule has 0 bridgehead atoms. The molecule has 0 aromatic carbocycles. The summed E-state index contributed by atoms with van der Waals surface area (Å²) in [5.74, 6) is 1.62. The Morgan fingerprint density at radius 3 is 2.96 bits per heavy atom. The van der Waals surface area contributed by atoms with E-state index in [1.807, 2.05) is 31.2 Å². The average molecular weight is 328 g/mol. The second-order valence-electron chi connectivity index (χ2n) is 6.16. The van der Waals surface area contributed by atoms with Crippen molar-refractivity contribution >= 4 is 28.5 Å². The van der Waals surface area contributed by atoms with Crippen LogP contribution in [0.3, 0.4) is 0 Å². The number of fused-ring (bicyclic) bond motifs is 1. The third-order valence-corrected chi connectivity index (χ3v) is 4.83. The summed E-state index contributed by atoms with van der Waals surface area (Å²) >= 11 is 6.11. The van der Waals surface area contributed by atoms with E-state index in [0.717, 1.165) is 41.9 Å². The van der Waals surface area contributed by atoms with E-state index in [9.17, 15) is 0 Å². The van der Waals surface area contributed by atoms with Gasteiger partial charge in [-0.25, -0.2) is 15.0 Å². The topological polar surface area (TPSA) is 55.6 Å². The van der Waals surface area contributed by atoms with Crippen molar-refractivity contribution in [1.82, 2.24) is 19.5 Å². The molecule has 1 fully saturated rings. The van der Waals surface area contributed by atoms with Crippen LogP contribution in [0, 0.1) is 12.8 Å². The van der Waals surface area contributed by atoms with Crippen LogP contribution in [-0.4, -0.2) is 26.1 Å². The molecule has 0 spiro atoms. The molecule has 1 saturated carbocycles. The minimum atomic E-state index is 0.496. The van der Waals surface area contributed by atoms with Gasteiger partial charge in [-0.2, -0.15) is 0 Å². The molecule has 1 aliphatic carbocycles. The SMILES string of the molecule is Cc1cccc(NCC2CC(n3ccc4c(Cl)ncnc43)C2)n1. The second-order valence-corrected chi connectivity index (χ2v) is 6.52. The van der Waals surface area contributed by atoms with E-state index in [-0.39, 0.29) is 0 Å². The Morgan fingerprint density at radius 2 is 2.13 bits per heavy atom. The maximum absolute atomic E-state index is 6.11. The maximum Gasteiger partial charge on any atom is 0.145 e. The van der Waals surface area contributed by atoms with Gasteiger partial charge in [-0.05, 0) is 43.9 Å². The van der Waals surface area contributed by atoms with Crippen LogP contribution in [0.25, 0.3) is 11.0 Å². The van der Waals surface area contributed by atoms with Crippen molar-refractivity contribution in [2.75, 3.05) is 11.9 Å². The smallest absolute Gasteiger partial charge is 0.145 e. The summed E-state index contributed by atoms with van der Waals surface area (Å²) in [5.41, 5.74) is 1.97. The summed E-state index contributed by atoms with van der Waals surface area (Å²) in [5, 5.41) is 4.89. The zero-order valence-corrected chi connectivity index (χ0v) is 13.7. The maximum atomic E-state index is 6.11.